The highest BCUT2D eigenvalue weighted by atomic mass is 32.2. The van der Waals surface area contributed by atoms with Crippen molar-refractivity contribution in [2.75, 3.05) is 52.5 Å². The average Bonchev–Trinajstić information content (AvgIpc) is 2.41. The molecule has 2 fully saturated rings. The van der Waals surface area contributed by atoms with Crippen molar-refractivity contribution >= 4 is 10.0 Å². The molecule has 0 radical (unpaired) electrons. The van der Waals surface area contributed by atoms with Gasteiger partial charge in [-0.2, -0.15) is 0 Å². The molecule has 0 aromatic heterocycles. The lowest BCUT2D eigenvalue weighted by atomic mass is 10.2. The molecule has 18 heavy (non-hydrogen) atoms. The molecular formula is C11H23N3O3S. The summed E-state index contributed by atoms with van der Waals surface area (Å²) in [6, 6.07) is 0. The Bertz CT molecular complexity index is 335. The lowest BCUT2D eigenvalue weighted by Gasteiger charge is -2.27. The molecule has 2 aliphatic rings. The molecule has 7 heteroatoms. The second-order valence-corrected chi connectivity index (χ2v) is 6.89. The third-order valence-electron chi connectivity index (χ3n) is 3.56. The van der Waals surface area contributed by atoms with E-state index in [1.807, 2.05) is 0 Å². The molecule has 0 spiro atoms. The van der Waals surface area contributed by atoms with Crippen LogP contribution in [0.1, 0.15) is 12.8 Å². The van der Waals surface area contributed by atoms with Crippen LogP contribution in [0.4, 0.5) is 0 Å². The summed E-state index contributed by atoms with van der Waals surface area (Å²) in [7, 11) is -3.13. The Labute approximate surface area is 109 Å². The van der Waals surface area contributed by atoms with Gasteiger partial charge in [0.1, 0.15) is 0 Å². The van der Waals surface area contributed by atoms with Crippen molar-refractivity contribution in [3.8, 4) is 0 Å². The van der Waals surface area contributed by atoms with Crippen LogP contribution in [0, 0.1) is 0 Å². The second kappa shape index (κ2) is 6.81. The standard InChI is InChI=1S/C11H23N3O3S/c15-18(16,11-1-3-12-4-2-11)13-5-6-14-7-9-17-10-8-14/h11-13H,1-10H2. The first-order chi connectivity index (χ1) is 8.68. The molecule has 2 rings (SSSR count). The van der Waals surface area contributed by atoms with E-state index in [0.717, 1.165) is 45.9 Å². The van der Waals surface area contributed by atoms with Crippen LogP contribution in [0.2, 0.25) is 0 Å². The van der Waals surface area contributed by atoms with Crippen molar-refractivity contribution in [3.63, 3.8) is 0 Å². The number of nitrogens with one attached hydrogen (secondary N) is 2. The summed E-state index contributed by atoms with van der Waals surface area (Å²) in [6.45, 7) is 6.18. The second-order valence-electron chi connectivity index (χ2n) is 4.84. The number of hydrogen-bond donors (Lipinski definition) is 2. The molecule has 2 N–H and O–H groups in total. The lowest BCUT2D eigenvalue weighted by Crippen LogP contribution is -2.45. The van der Waals surface area contributed by atoms with Gasteiger partial charge in [0.2, 0.25) is 10.0 Å². The van der Waals surface area contributed by atoms with E-state index in [-0.39, 0.29) is 5.25 Å². The quantitative estimate of drug-likeness (QED) is 0.674. The molecule has 0 atom stereocenters. The summed E-state index contributed by atoms with van der Waals surface area (Å²) < 4.78 is 32.1. The van der Waals surface area contributed by atoms with E-state index in [1.165, 1.54) is 0 Å². The van der Waals surface area contributed by atoms with Gasteiger partial charge in [-0.3, -0.25) is 4.90 Å². The minimum absolute atomic E-state index is 0.219. The van der Waals surface area contributed by atoms with Gasteiger partial charge >= 0.3 is 0 Å². The Morgan fingerprint density at radius 2 is 1.89 bits per heavy atom. The number of nitrogens with zero attached hydrogens (tertiary/aromatic N) is 1. The van der Waals surface area contributed by atoms with Crippen molar-refractivity contribution in [3.05, 3.63) is 0 Å². The highest BCUT2D eigenvalue weighted by Crippen LogP contribution is 2.11. The SMILES string of the molecule is O=S(=O)(NCCN1CCOCC1)C1CCNCC1. The van der Waals surface area contributed by atoms with E-state index < -0.39 is 10.0 Å². The molecular weight excluding hydrogens is 254 g/mol. The van der Waals surface area contributed by atoms with Crippen LogP contribution < -0.4 is 10.0 Å². The van der Waals surface area contributed by atoms with Gasteiger partial charge in [0, 0.05) is 26.2 Å². The van der Waals surface area contributed by atoms with E-state index in [2.05, 4.69) is 14.9 Å². The molecule has 106 valence electrons. The van der Waals surface area contributed by atoms with Crippen molar-refractivity contribution in [2.45, 2.75) is 18.1 Å². The smallest absolute Gasteiger partial charge is 0.214 e. The summed E-state index contributed by atoms with van der Waals surface area (Å²) in [4.78, 5) is 2.23. The van der Waals surface area contributed by atoms with Gasteiger partial charge in [0.05, 0.1) is 18.5 Å². The van der Waals surface area contributed by atoms with Crippen LogP contribution in [-0.4, -0.2) is 71.0 Å². The van der Waals surface area contributed by atoms with Crippen molar-refractivity contribution in [2.24, 2.45) is 0 Å². The maximum atomic E-state index is 12.0. The number of piperidine rings is 1. The predicted octanol–water partition coefficient (Wildman–Crippen LogP) is -1.01. The largest absolute Gasteiger partial charge is 0.379 e. The molecule has 2 saturated heterocycles. The molecule has 0 aliphatic carbocycles. The number of ether oxygens (including phenoxy) is 1. The van der Waals surface area contributed by atoms with Gasteiger partial charge in [-0.1, -0.05) is 0 Å². The van der Waals surface area contributed by atoms with Gasteiger partial charge in [-0.25, -0.2) is 13.1 Å². The van der Waals surface area contributed by atoms with E-state index in [9.17, 15) is 8.42 Å². The van der Waals surface area contributed by atoms with Crippen molar-refractivity contribution < 1.29 is 13.2 Å². The third-order valence-corrected chi connectivity index (χ3v) is 5.52. The Hall–Kier alpha value is -0.210. The van der Waals surface area contributed by atoms with Crippen LogP contribution in [0.15, 0.2) is 0 Å². The minimum Gasteiger partial charge on any atom is -0.379 e. The maximum Gasteiger partial charge on any atom is 0.214 e. The summed E-state index contributed by atoms with van der Waals surface area (Å²) in [5.74, 6) is 0. The Morgan fingerprint density at radius 3 is 2.56 bits per heavy atom. The van der Waals surface area contributed by atoms with Gasteiger partial charge in [-0.15, -0.1) is 0 Å². The monoisotopic (exact) mass is 277 g/mol. The van der Waals surface area contributed by atoms with E-state index in [4.69, 9.17) is 4.74 Å². The topological polar surface area (TPSA) is 70.7 Å². The van der Waals surface area contributed by atoms with Crippen LogP contribution in [-0.2, 0) is 14.8 Å². The van der Waals surface area contributed by atoms with Gasteiger partial charge in [0.15, 0.2) is 0 Å². The summed E-state index contributed by atoms with van der Waals surface area (Å²) >= 11 is 0. The van der Waals surface area contributed by atoms with Gasteiger partial charge in [0.25, 0.3) is 0 Å². The summed E-state index contributed by atoms with van der Waals surface area (Å²) in [5, 5.41) is 2.96. The highest BCUT2D eigenvalue weighted by molar-refractivity contribution is 7.90. The minimum atomic E-state index is -3.13. The van der Waals surface area contributed by atoms with Crippen LogP contribution in [0.3, 0.4) is 0 Å². The first-order valence-electron chi connectivity index (χ1n) is 6.68. The Balaban J connectivity index is 1.70. The molecule has 0 unspecified atom stereocenters. The van der Waals surface area contributed by atoms with E-state index >= 15 is 0 Å². The van der Waals surface area contributed by atoms with Crippen molar-refractivity contribution in [1.29, 1.82) is 0 Å². The van der Waals surface area contributed by atoms with E-state index in [0.29, 0.717) is 19.4 Å². The summed E-state index contributed by atoms with van der Waals surface area (Å²) in [5.41, 5.74) is 0. The molecule has 0 aromatic rings. The van der Waals surface area contributed by atoms with E-state index in [1.54, 1.807) is 0 Å². The normalized spacial score (nSPS) is 24.2. The Kier molecular flexibility index (Phi) is 5.38. The molecule has 0 aromatic carbocycles. The molecule has 0 amide bonds. The maximum absolute atomic E-state index is 12.0. The van der Waals surface area contributed by atoms with Crippen molar-refractivity contribution in [1.82, 2.24) is 14.9 Å². The highest BCUT2D eigenvalue weighted by Gasteiger charge is 2.26. The average molecular weight is 277 g/mol. The predicted molar refractivity (Wildman–Crippen MR) is 70.1 cm³/mol. The third kappa shape index (κ3) is 4.17. The molecule has 2 aliphatic heterocycles. The number of rotatable bonds is 5. The summed E-state index contributed by atoms with van der Waals surface area (Å²) in [6.07, 6.45) is 1.43. The first kappa shape index (κ1) is 14.2. The van der Waals surface area contributed by atoms with Gasteiger partial charge < -0.3 is 10.1 Å². The first-order valence-corrected chi connectivity index (χ1v) is 8.22. The number of sulfonamides is 1. The molecule has 0 bridgehead atoms. The fraction of sp³-hybridized carbons (Fsp3) is 1.00. The zero-order chi connectivity index (χ0) is 12.8. The molecule has 2 heterocycles. The number of hydrogen-bond acceptors (Lipinski definition) is 5. The molecule has 0 saturated carbocycles. The zero-order valence-electron chi connectivity index (χ0n) is 10.7. The number of morpholine rings is 1. The fourth-order valence-corrected chi connectivity index (χ4v) is 3.86. The van der Waals surface area contributed by atoms with Gasteiger partial charge in [-0.05, 0) is 25.9 Å². The Morgan fingerprint density at radius 1 is 1.22 bits per heavy atom. The zero-order valence-corrected chi connectivity index (χ0v) is 11.5. The van der Waals surface area contributed by atoms with Crippen LogP contribution in [0.5, 0.6) is 0 Å². The van der Waals surface area contributed by atoms with Crippen LogP contribution >= 0.6 is 0 Å². The van der Waals surface area contributed by atoms with Crippen LogP contribution in [0.25, 0.3) is 0 Å². The molecule has 6 nitrogen and oxygen atoms in total. The lowest BCUT2D eigenvalue weighted by molar-refractivity contribution is 0.0390. The fourth-order valence-electron chi connectivity index (χ4n) is 2.39.